The number of hydrogen-bond acceptors (Lipinski definition) is 5. The van der Waals surface area contributed by atoms with Gasteiger partial charge >= 0.3 is 0 Å². The number of rotatable bonds is 6. The number of benzene rings is 1. The molecule has 1 amide bonds. The molecule has 0 unspecified atom stereocenters. The van der Waals surface area contributed by atoms with Crippen LogP contribution < -0.4 is 10.6 Å². The van der Waals surface area contributed by atoms with Gasteiger partial charge < -0.3 is 25.6 Å². The van der Waals surface area contributed by atoms with Crippen molar-refractivity contribution in [2.75, 3.05) is 26.3 Å². The molecule has 1 aromatic carbocycles. The molecule has 1 aromatic rings. The van der Waals surface area contributed by atoms with Crippen LogP contribution in [0.3, 0.4) is 0 Å². The summed E-state index contributed by atoms with van der Waals surface area (Å²) < 4.78 is 5.18. The van der Waals surface area contributed by atoms with Crippen LogP contribution in [0.5, 0.6) is 0 Å². The molecule has 0 aromatic heterocycles. The van der Waals surface area contributed by atoms with Crippen molar-refractivity contribution in [2.24, 2.45) is 5.92 Å². The van der Waals surface area contributed by atoms with Crippen molar-refractivity contribution in [3.05, 3.63) is 35.9 Å². The maximum absolute atomic E-state index is 11.7. The second-order valence-electron chi connectivity index (χ2n) is 5.25. The maximum Gasteiger partial charge on any atom is 0.234 e. The third-order valence-corrected chi connectivity index (χ3v) is 3.52. The lowest BCUT2D eigenvalue weighted by Gasteiger charge is -2.31. The third-order valence-electron chi connectivity index (χ3n) is 3.52. The van der Waals surface area contributed by atoms with Crippen LogP contribution >= 0.6 is 0 Å². The van der Waals surface area contributed by atoms with Crippen LogP contribution in [-0.2, 0) is 16.1 Å². The Bertz CT molecular complexity index is 441. The standard InChI is InChI=1S/C15H22N2O4/c18-13-10-21-9-12(15(13)20)7-16-8-14(19)17-6-11-4-2-1-3-5-11/h1-5,12-13,15-16,18,20H,6-10H2,(H,17,19)/t12-,13-,15+/m1/s1. The summed E-state index contributed by atoms with van der Waals surface area (Å²) >= 11 is 0. The van der Waals surface area contributed by atoms with Gasteiger partial charge in [-0.1, -0.05) is 30.3 Å². The number of carbonyl (C=O) groups excluding carboxylic acids is 1. The molecular weight excluding hydrogens is 272 g/mol. The first-order valence-corrected chi connectivity index (χ1v) is 7.12. The number of nitrogens with one attached hydrogen (secondary N) is 2. The molecule has 0 bridgehead atoms. The van der Waals surface area contributed by atoms with Crippen molar-refractivity contribution in [3.63, 3.8) is 0 Å². The van der Waals surface area contributed by atoms with Gasteiger partial charge in [0.25, 0.3) is 0 Å². The van der Waals surface area contributed by atoms with Crippen LogP contribution in [-0.4, -0.2) is 54.6 Å². The lowest BCUT2D eigenvalue weighted by molar-refractivity contribution is -0.123. The van der Waals surface area contributed by atoms with E-state index in [2.05, 4.69) is 10.6 Å². The minimum absolute atomic E-state index is 0.106. The van der Waals surface area contributed by atoms with Crippen LogP contribution in [0.15, 0.2) is 30.3 Å². The first kappa shape index (κ1) is 15.9. The van der Waals surface area contributed by atoms with Crippen molar-refractivity contribution in [2.45, 2.75) is 18.8 Å². The Balaban J connectivity index is 1.63. The Kier molecular flexibility index (Phi) is 6.13. The molecule has 1 fully saturated rings. The molecule has 6 nitrogen and oxygen atoms in total. The second kappa shape index (κ2) is 8.09. The highest BCUT2D eigenvalue weighted by Crippen LogP contribution is 2.14. The van der Waals surface area contributed by atoms with E-state index in [9.17, 15) is 15.0 Å². The number of aliphatic hydroxyl groups excluding tert-OH is 2. The number of carbonyl (C=O) groups is 1. The normalized spacial score (nSPS) is 25.5. The van der Waals surface area contributed by atoms with Crippen LogP contribution in [0.1, 0.15) is 5.56 Å². The fourth-order valence-electron chi connectivity index (χ4n) is 2.26. The Morgan fingerprint density at radius 2 is 2.00 bits per heavy atom. The zero-order chi connectivity index (χ0) is 15.1. The molecule has 21 heavy (non-hydrogen) atoms. The van der Waals surface area contributed by atoms with Gasteiger partial charge in [-0.15, -0.1) is 0 Å². The van der Waals surface area contributed by atoms with Gasteiger partial charge in [0.2, 0.25) is 5.91 Å². The number of amides is 1. The largest absolute Gasteiger partial charge is 0.390 e. The van der Waals surface area contributed by atoms with Crippen LogP contribution in [0.25, 0.3) is 0 Å². The topological polar surface area (TPSA) is 90.8 Å². The molecule has 0 saturated carbocycles. The molecule has 4 N–H and O–H groups in total. The van der Waals surface area contributed by atoms with Crippen molar-refractivity contribution in [1.82, 2.24) is 10.6 Å². The van der Waals surface area contributed by atoms with Crippen molar-refractivity contribution in [3.8, 4) is 0 Å². The molecule has 6 heteroatoms. The Hall–Kier alpha value is -1.47. The first-order chi connectivity index (χ1) is 10.2. The predicted octanol–water partition coefficient (Wildman–Crippen LogP) is -0.739. The van der Waals surface area contributed by atoms with Crippen LogP contribution in [0, 0.1) is 5.92 Å². The van der Waals surface area contributed by atoms with E-state index in [0.717, 1.165) is 5.56 Å². The van der Waals surface area contributed by atoms with Crippen molar-refractivity contribution < 1.29 is 19.7 Å². The highest BCUT2D eigenvalue weighted by Gasteiger charge is 2.30. The van der Waals surface area contributed by atoms with Gasteiger partial charge in [-0.25, -0.2) is 0 Å². The molecule has 2 rings (SSSR count). The van der Waals surface area contributed by atoms with E-state index in [1.54, 1.807) is 0 Å². The minimum Gasteiger partial charge on any atom is -0.390 e. The van der Waals surface area contributed by atoms with E-state index in [-0.39, 0.29) is 25.0 Å². The lowest BCUT2D eigenvalue weighted by Crippen LogP contribution is -2.48. The van der Waals surface area contributed by atoms with Gasteiger partial charge in [0.1, 0.15) is 6.10 Å². The molecule has 0 aliphatic carbocycles. The van der Waals surface area contributed by atoms with Crippen LogP contribution in [0.4, 0.5) is 0 Å². The smallest absolute Gasteiger partial charge is 0.234 e. The summed E-state index contributed by atoms with van der Waals surface area (Å²) in [5.74, 6) is -0.304. The van der Waals surface area contributed by atoms with Gasteiger partial charge in [0.05, 0.1) is 25.9 Å². The fraction of sp³-hybridized carbons (Fsp3) is 0.533. The van der Waals surface area contributed by atoms with E-state index in [1.807, 2.05) is 30.3 Å². The van der Waals surface area contributed by atoms with E-state index in [1.165, 1.54) is 0 Å². The monoisotopic (exact) mass is 294 g/mol. The molecular formula is C15H22N2O4. The minimum atomic E-state index is -0.850. The molecule has 0 spiro atoms. The summed E-state index contributed by atoms with van der Waals surface area (Å²) in [6.45, 7) is 1.64. The van der Waals surface area contributed by atoms with Gasteiger partial charge in [0.15, 0.2) is 0 Å². The number of aliphatic hydroxyl groups is 2. The quantitative estimate of drug-likeness (QED) is 0.555. The molecule has 1 aliphatic heterocycles. The van der Waals surface area contributed by atoms with E-state index in [0.29, 0.717) is 19.7 Å². The van der Waals surface area contributed by atoms with E-state index < -0.39 is 12.2 Å². The second-order valence-corrected chi connectivity index (χ2v) is 5.25. The van der Waals surface area contributed by atoms with Gasteiger partial charge in [0, 0.05) is 19.0 Å². The Labute approximate surface area is 124 Å². The fourth-order valence-corrected chi connectivity index (χ4v) is 2.26. The average Bonchev–Trinajstić information content (AvgIpc) is 2.50. The Morgan fingerprint density at radius 1 is 1.24 bits per heavy atom. The number of hydrogen-bond donors (Lipinski definition) is 4. The average molecular weight is 294 g/mol. The molecule has 0 radical (unpaired) electrons. The molecule has 1 saturated heterocycles. The maximum atomic E-state index is 11.7. The molecule has 1 heterocycles. The van der Waals surface area contributed by atoms with E-state index in [4.69, 9.17) is 4.74 Å². The third kappa shape index (κ3) is 5.09. The highest BCUT2D eigenvalue weighted by molar-refractivity contribution is 5.77. The van der Waals surface area contributed by atoms with Gasteiger partial charge in [-0.3, -0.25) is 4.79 Å². The van der Waals surface area contributed by atoms with Gasteiger partial charge in [-0.05, 0) is 5.56 Å². The first-order valence-electron chi connectivity index (χ1n) is 7.12. The summed E-state index contributed by atoms with van der Waals surface area (Å²) in [5, 5.41) is 25.1. The molecule has 1 aliphatic rings. The van der Waals surface area contributed by atoms with Gasteiger partial charge in [-0.2, -0.15) is 0 Å². The van der Waals surface area contributed by atoms with Crippen molar-refractivity contribution >= 4 is 5.91 Å². The molecule has 116 valence electrons. The van der Waals surface area contributed by atoms with Crippen LogP contribution in [0.2, 0.25) is 0 Å². The lowest BCUT2D eigenvalue weighted by atomic mass is 9.96. The van der Waals surface area contributed by atoms with Crippen molar-refractivity contribution in [1.29, 1.82) is 0 Å². The summed E-state index contributed by atoms with van der Waals surface area (Å²) in [7, 11) is 0. The molecule has 3 atom stereocenters. The summed E-state index contributed by atoms with van der Waals surface area (Å²) in [4.78, 5) is 11.7. The number of ether oxygens (including phenoxy) is 1. The summed E-state index contributed by atoms with van der Waals surface area (Å²) in [6, 6.07) is 9.68. The predicted molar refractivity (Wildman–Crippen MR) is 77.5 cm³/mol. The summed E-state index contributed by atoms with van der Waals surface area (Å²) in [6.07, 6.45) is -1.66. The zero-order valence-electron chi connectivity index (χ0n) is 11.9. The summed E-state index contributed by atoms with van der Waals surface area (Å²) in [5.41, 5.74) is 1.05. The SMILES string of the molecule is O=C(CNC[C@@H]1COC[C@@H](O)[C@H]1O)NCc1ccccc1. The highest BCUT2D eigenvalue weighted by atomic mass is 16.5. The van der Waals surface area contributed by atoms with E-state index >= 15 is 0 Å². The zero-order valence-corrected chi connectivity index (χ0v) is 11.9. The Morgan fingerprint density at radius 3 is 2.76 bits per heavy atom.